The molecule has 1 aliphatic heterocycles. The maximum absolute atomic E-state index is 12.7. The lowest BCUT2D eigenvalue weighted by Gasteiger charge is -2.18. The molecule has 0 saturated carbocycles. The first kappa shape index (κ1) is 21.4. The number of aryl methyl sites for hydroxylation is 1. The van der Waals surface area contributed by atoms with Crippen LogP contribution >= 0.6 is 12.4 Å². The lowest BCUT2D eigenvalue weighted by molar-refractivity contribution is 0.0790. The molecule has 3 N–H and O–H groups in total. The van der Waals surface area contributed by atoms with Gasteiger partial charge in [0, 0.05) is 31.2 Å². The summed E-state index contributed by atoms with van der Waals surface area (Å²) in [5.41, 5.74) is 7.89. The van der Waals surface area contributed by atoms with Gasteiger partial charge >= 0.3 is 0 Å². The highest BCUT2D eigenvalue weighted by Crippen LogP contribution is 2.20. The molecule has 146 valence electrons. The molecule has 27 heavy (non-hydrogen) atoms. The highest BCUT2D eigenvalue weighted by atomic mass is 35.5. The van der Waals surface area contributed by atoms with Crippen molar-refractivity contribution in [3.8, 4) is 0 Å². The number of nitrogens with zero attached hydrogens (tertiary/aromatic N) is 1. The van der Waals surface area contributed by atoms with E-state index in [2.05, 4.69) is 4.72 Å². The van der Waals surface area contributed by atoms with Crippen molar-refractivity contribution in [1.29, 1.82) is 0 Å². The molecular formula is C19H24ClN3O3S. The van der Waals surface area contributed by atoms with E-state index in [-0.39, 0.29) is 35.8 Å². The Hall–Kier alpha value is -1.93. The second-order valence-electron chi connectivity index (χ2n) is 6.59. The highest BCUT2D eigenvalue weighted by molar-refractivity contribution is 7.89. The number of hydrogen-bond donors (Lipinski definition) is 2. The van der Waals surface area contributed by atoms with E-state index in [0.717, 1.165) is 17.5 Å². The Morgan fingerprint density at radius 3 is 2.56 bits per heavy atom. The van der Waals surface area contributed by atoms with E-state index in [4.69, 9.17) is 5.73 Å². The molecule has 0 aromatic heterocycles. The first-order chi connectivity index (χ1) is 12.4. The van der Waals surface area contributed by atoms with Gasteiger partial charge in [0.25, 0.3) is 5.91 Å². The Morgan fingerprint density at radius 1 is 1.22 bits per heavy atom. The van der Waals surface area contributed by atoms with Crippen LogP contribution in [0.5, 0.6) is 0 Å². The summed E-state index contributed by atoms with van der Waals surface area (Å²) in [7, 11) is -3.71. The number of halogens is 1. The first-order valence-corrected chi connectivity index (χ1v) is 10.0. The Labute approximate surface area is 166 Å². The molecule has 0 spiro atoms. The van der Waals surface area contributed by atoms with E-state index in [1.165, 1.54) is 12.1 Å². The number of carbonyl (C=O) groups excluding carboxylic acids is 1. The van der Waals surface area contributed by atoms with Gasteiger partial charge in [-0.1, -0.05) is 36.4 Å². The Morgan fingerprint density at radius 2 is 1.93 bits per heavy atom. The molecule has 0 radical (unpaired) electrons. The van der Waals surface area contributed by atoms with Gasteiger partial charge in [-0.15, -0.1) is 12.4 Å². The van der Waals surface area contributed by atoms with Gasteiger partial charge in [0.05, 0.1) is 4.90 Å². The van der Waals surface area contributed by atoms with Crippen molar-refractivity contribution in [3.63, 3.8) is 0 Å². The topological polar surface area (TPSA) is 92.5 Å². The summed E-state index contributed by atoms with van der Waals surface area (Å²) < 4.78 is 27.8. The monoisotopic (exact) mass is 409 g/mol. The van der Waals surface area contributed by atoms with Crippen LogP contribution in [0, 0.1) is 6.92 Å². The number of sulfonamides is 1. The maximum atomic E-state index is 12.7. The molecule has 2 aromatic rings. The third kappa shape index (κ3) is 5.07. The molecule has 0 unspecified atom stereocenters. The van der Waals surface area contributed by atoms with Crippen molar-refractivity contribution in [2.24, 2.45) is 5.73 Å². The van der Waals surface area contributed by atoms with Crippen LogP contribution in [0.1, 0.15) is 27.9 Å². The minimum absolute atomic E-state index is 0. The van der Waals surface area contributed by atoms with Crippen LogP contribution in [0.4, 0.5) is 0 Å². The third-order valence-electron chi connectivity index (χ3n) is 4.57. The Bertz CT molecular complexity index is 904. The number of benzene rings is 2. The molecule has 2 aromatic carbocycles. The molecule has 1 saturated heterocycles. The SMILES string of the molecule is Cc1ccc(S(=O)(=O)NCc2ccccc2)cc1C(=O)N1CC[C@@H](N)C1.Cl. The van der Waals surface area contributed by atoms with Crippen LogP contribution < -0.4 is 10.5 Å². The second kappa shape index (κ2) is 8.84. The second-order valence-corrected chi connectivity index (χ2v) is 8.35. The van der Waals surface area contributed by atoms with Crippen LogP contribution in [0.25, 0.3) is 0 Å². The zero-order valence-electron chi connectivity index (χ0n) is 15.1. The minimum atomic E-state index is -3.71. The van der Waals surface area contributed by atoms with E-state index in [0.29, 0.717) is 18.7 Å². The van der Waals surface area contributed by atoms with Crippen molar-refractivity contribution in [2.45, 2.75) is 30.8 Å². The van der Waals surface area contributed by atoms with Gasteiger partial charge in [-0.3, -0.25) is 4.79 Å². The molecule has 0 bridgehead atoms. The van der Waals surface area contributed by atoms with Gasteiger partial charge in [-0.25, -0.2) is 13.1 Å². The summed E-state index contributed by atoms with van der Waals surface area (Å²) in [6.07, 6.45) is 0.765. The van der Waals surface area contributed by atoms with Crippen LogP contribution in [0.15, 0.2) is 53.4 Å². The van der Waals surface area contributed by atoms with E-state index in [1.54, 1.807) is 17.9 Å². The molecule has 1 heterocycles. The zero-order valence-corrected chi connectivity index (χ0v) is 16.7. The fourth-order valence-electron chi connectivity index (χ4n) is 3.00. The number of amides is 1. The van der Waals surface area contributed by atoms with E-state index < -0.39 is 10.0 Å². The number of rotatable bonds is 5. The van der Waals surface area contributed by atoms with Gasteiger partial charge < -0.3 is 10.6 Å². The average Bonchev–Trinajstić information content (AvgIpc) is 3.07. The number of carbonyl (C=O) groups is 1. The quantitative estimate of drug-likeness (QED) is 0.790. The lowest BCUT2D eigenvalue weighted by Crippen LogP contribution is -2.32. The minimum Gasteiger partial charge on any atom is -0.337 e. The van der Waals surface area contributed by atoms with Crippen LogP contribution in [-0.2, 0) is 16.6 Å². The van der Waals surface area contributed by atoms with Crippen molar-refractivity contribution in [1.82, 2.24) is 9.62 Å². The molecule has 1 aliphatic rings. The standard InChI is InChI=1S/C19H23N3O3S.ClH/c1-14-7-8-17(11-18(14)19(23)22-10-9-16(20)13-22)26(24,25)21-12-15-5-3-2-4-6-15;/h2-8,11,16,21H,9-10,12-13,20H2,1H3;1H/t16-;/m1./s1. The normalized spacial score (nSPS) is 16.8. The van der Waals surface area contributed by atoms with Gasteiger partial charge in [-0.2, -0.15) is 0 Å². The van der Waals surface area contributed by atoms with Gasteiger partial charge in [-0.05, 0) is 36.6 Å². The van der Waals surface area contributed by atoms with Crippen molar-refractivity contribution < 1.29 is 13.2 Å². The highest BCUT2D eigenvalue weighted by Gasteiger charge is 2.26. The third-order valence-corrected chi connectivity index (χ3v) is 5.97. The molecule has 1 fully saturated rings. The van der Waals surface area contributed by atoms with Crippen molar-refractivity contribution >= 4 is 28.3 Å². The smallest absolute Gasteiger partial charge is 0.254 e. The predicted molar refractivity (Wildman–Crippen MR) is 107 cm³/mol. The summed E-state index contributed by atoms with van der Waals surface area (Å²) >= 11 is 0. The van der Waals surface area contributed by atoms with E-state index >= 15 is 0 Å². The summed E-state index contributed by atoms with van der Waals surface area (Å²) in [5.74, 6) is -0.171. The number of likely N-dealkylation sites (tertiary alicyclic amines) is 1. The first-order valence-electron chi connectivity index (χ1n) is 8.56. The molecule has 6 nitrogen and oxygen atoms in total. The molecular weight excluding hydrogens is 386 g/mol. The molecule has 1 atom stereocenters. The summed E-state index contributed by atoms with van der Waals surface area (Å²) in [6, 6.07) is 13.9. The Kier molecular flexibility index (Phi) is 7.00. The fourth-order valence-corrected chi connectivity index (χ4v) is 4.04. The average molecular weight is 410 g/mol. The lowest BCUT2D eigenvalue weighted by atomic mass is 10.1. The molecule has 1 amide bonds. The van der Waals surface area contributed by atoms with Gasteiger partial charge in [0.2, 0.25) is 10.0 Å². The molecule has 8 heteroatoms. The van der Waals surface area contributed by atoms with Gasteiger partial charge in [0.15, 0.2) is 0 Å². The summed E-state index contributed by atoms with van der Waals surface area (Å²) in [6.45, 7) is 3.10. The zero-order chi connectivity index (χ0) is 18.7. The molecule has 3 rings (SSSR count). The van der Waals surface area contributed by atoms with Crippen LogP contribution in [0.2, 0.25) is 0 Å². The van der Waals surface area contributed by atoms with E-state index in [9.17, 15) is 13.2 Å². The van der Waals surface area contributed by atoms with Crippen molar-refractivity contribution in [2.75, 3.05) is 13.1 Å². The van der Waals surface area contributed by atoms with Crippen LogP contribution in [0.3, 0.4) is 0 Å². The number of hydrogen-bond acceptors (Lipinski definition) is 4. The number of nitrogens with one attached hydrogen (secondary N) is 1. The number of nitrogens with two attached hydrogens (primary N) is 1. The van der Waals surface area contributed by atoms with Crippen molar-refractivity contribution in [3.05, 3.63) is 65.2 Å². The molecule has 0 aliphatic carbocycles. The summed E-state index contributed by atoms with van der Waals surface area (Å²) in [5, 5.41) is 0. The fraction of sp³-hybridized carbons (Fsp3) is 0.316. The summed E-state index contributed by atoms with van der Waals surface area (Å²) in [4.78, 5) is 14.5. The largest absolute Gasteiger partial charge is 0.337 e. The van der Waals surface area contributed by atoms with E-state index in [1.807, 2.05) is 30.3 Å². The van der Waals surface area contributed by atoms with Crippen LogP contribution in [-0.4, -0.2) is 38.4 Å². The van der Waals surface area contributed by atoms with Gasteiger partial charge in [0.1, 0.15) is 0 Å². The predicted octanol–water partition coefficient (Wildman–Crippen LogP) is 2.07. The Balaban J connectivity index is 0.00000261. The maximum Gasteiger partial charge on any atom is 0.254 e.